The van der Waals surface area contributed by atoms with E-state index < -0.39 is 0 Å². The van der Waals surface area contributed by atoms with Gasteiger partial charge in [-0.25, -0.2) is 0 Å². The van der Waals surface area contributed by atoms with Gasteiger partial charge in [-0.2, -0.15) is 0 Å². The molecule has 48 heavy (non-hydrogen) atoms. The zero-order valence-electron chi connectivity index (χ0n) is 28.5. The molecule has 3 rings (SSSR count). The molecule has 0 aromatic heterocycles. The van der Waals surface area contributed by atoms with Crippen molar-refractivity contribution in [3.05, 3.63) is 0 Å². The van der Waals surface area contributed by atoms with Crippen molar-refractivity contribution in [2.75, 3.05) is 105 Å². The molecule has 0 aromatic rings. The van der Waals surface area contributed by atoms with Crippen molar-refractivity contribution < 1.29 is 33.6 Å². The van der Waals surface area contributed by atoms with Crippen molar-refractivity contribution in [3.8, 4) is 0 Å². The van der Waals surface area contributed by atoms with E-state index in [0.29, 0.717) is 111 Å². The summed E-state index contributed by atoms with van der Waals surface area (Å²) in [6.45, 7) is 8.77. The molecule has 272 valence electrons. The maximum atomic E-state index is 12.5. The van der Waals surface area contributed by atoms with E-state index in [4.69, 9.17) is 0 Å². The average Bonchev–Trinajstić information content (AvgIpc) is 3.06. The summed E-state index contributed by atoms with van der Waals surface area (Å²) in [5.41, 5.74) is 0. The Hall–Kier alpha value is -3.83. The Kier molecular flexibility index (Phi) is 20.5. The first kappa shape index (κ1) is 40.3. The van der Waals surface area contributed by atoms with Gasteiger partial charge in [0.25, 0.3) is 0 Å². The standard InChI is InChI=1S/C31H56N10O7/c1-2-25(42)32-9-19-40-20-13-36-29(46)6-3-26(43)33-10-16-39-17-11-34-27(44)4-7-30(47)37-14-21-41(24-23-40)22-15-38-31(48)8-5-28(45)35-12-18-39/h2-24H2,1H3,(H,32,42)(H,33,43)(H,34,44)(H,35,45)(H,36,46)(H,37,47)(H,38,48). The molecule has 3 aliphatic heterocycles. The number of hydrogen-bond acceptors (Lipinski definition) is 10. The zero-order chi connectivity index (χ0) is 35.0. The van der Waals surface area contributed by atoms with Crippen LogP contribution in [0, 0.1) is 0 Å². The van der Waals surface area contributed by atoms with Gasteiger partial charge < -0.3 is 37.2 Å². The smallest absolute Gasteiger partial charge is 0.220 e. The van der Waals surface area contributed by atoms with E-state index in [1.165, 1.54) is 0 Å². The molecule has 0 aromatic carbocycles. The number of carbonyl (C=O) groups is 7. The van der Waals surface area contributed by atoms with Gasteiger partial charge >= 0.3 is 0 Å². The van der Waals surface area contributed by atoms with E-state index in [1.807, 2.05) is 4.90 Å². The monoisotopic (exact) mass is 680 g/mol. The topological polar surface area (TPSA) is 213 Å². The van der Waals surface area contributed by atoms with Crippen LogP contribution < -0.4 is 37.2 Å². The van der Waals surface area contributed by atoms with Gasteiger partial charge in [0.15, 0.2) is 0 Å². The molecule has 0 atom stereocenters. The molecule has 7 N–H and O–H groups in total. The Bertz CT molecular complexity index is 1020. The third-order valence-electron chi connectivity index (χ3n) is 8.04. The Morgan fingerprint density at radius 3 is 1.15 bits per heavy atom. The van der Waals surface area contributed by atoms with Gasteiger partial charge in [0, 0.05) is 150 Å². The van der Waals surface area contributed by atoms with Crippen molar-refractivity contribution in [2.24, 2.45) is 0 Å². The van der Waals surface area contributed by atoms with Crippen molar-refractivity contribution >= 4 is 41.4 Å². The quantitative estimate of drug-likeness (QED) is 0.156. The number of rotatable bonds is 4. The maximum absolute atomic E-state index is 12.5. The second-order valence-electron chi connectivity index (χ2n) is 11.8. The third kappa shape index (κ3) is 19.7. The normalized spacial score (nSPS) is 23.8. The van der Waals surface area contributed by atoms with Gasteiger partial charge in [-0.15, -0.1) is 0 Å². The van der Waals surface area contributed by atoms with E-state index in [0.717, 1.165) is 0 Å². The molecule has 0 saturated carbocycles. The fourth-order valence-electron chi connectivity index (χ4n) is 5.10. The summed E-state index contributed by atoms with van der Waals surface area (Å²) in [7, 11) is 0. The lowest BCUT2D eigenvalue weighted by Gasteiger charge is -2.28. The first-order valence-electron chi connectivity index (χ1n) is 17.2. The fraction of sp³-hybridized carbons (Fsp3) is 0.774. The van der Waals surface area contributed by atoms with Gasteiger partial charge in [0.05, 0.1) is 0 Å². The molecular weight excluding hydrogens is 624 g/mol. The number of hydrogen-bond donors (Lipinski definition) is 7. The molecule has 0 unspecified atom stereocenters. The van der Waals surface area contributed by atoms with Crippen LogP contribution in [0.5, 0.6) is 0 Å². The number of amides is 7. The molecule has 0 spiro atoms. The highest BCUT2D eigenvalue weighted by Crippen LogP contribution is 1.97. The predicted octanol–water partition coefficient (Wildman–Crippen LogP) is -3.52. The van der Waals surface area contributed by atoms with E-state index in [1.54, 1.807) is 6.92 Å². The summed E-state index contributed by atoms with van der Waals surface area (Å²) < 4.78 is 0. The molecule has 17 heteroatoms. The number of nitrogens with one attached hydrogen (secondary N) is 7. The summed E-state index contributed by atoms with van der Waals surface area (Å²) in [6.07, 6.45) is 0.653. The molecule has 3 fully saturated rings. The lowest BCUT2D eigenvalue weighted by atomic mass is 10.2. The van der Waals surface area contributed by atoms with Crippen molar-refractivity contribution in [1.29, 1.82) is 0 Å². The molecule has 3 aliphatic rings. The second kappa shape index (κ2) is 24.3. The molecule has 0 radical (unpaired) electrons. The molecule has 3 heterocycles. The minimum absolute atomic E-state index is 0.0409. The van der Waals surface area contributed by atoms with Crippen molar-refractivity contribution in [3.63, 3.8) is 0 Å². The Morgan fingerprint density at radius 1 is 0.500 bits per heavy atom. The highest BCUT2D eigenvalue weighted by atomic mass is 16.2. The Balaban J connectivity index is 2.21. The summed E-state index contributed by atoms with van der Waals surface area (Å²) in [5, 5.41) is 20.0. The van der Waals surface area contributed by atoms with Crippen LogP contribution in [-0.4, -0.2) is 161 Å². The SMILES string of the molecule is CCC(=O)NCCN1CCNC(=O)CCC(=O)NCCN2CCNC(=O)CCC(=O)NCCN(CCNC(=O)CCC(=O)NCC2)CC1. The van der Waals surface area contributed by atoms with Gasteiger partial charge in [0.2, 0.25) is 41.4 Å². The van der Waals surface area contributed by atoms with Crippen LogP contribution in [0.3, 0.4) is 0 Å². The average molecular weight is 681 g/mol. The summed E-state index contributed by atoms with van der Waals surface area (Å²) >= 11 is 0. The molecule has 17 nitrogen and oxygen atoms in total. The van der Waals surface area contributed by atoms with E-state index in [9.17, 15) is 33.6 Å². The van der Waals surface area contributed by atoms with Crippen LogP contribution in [0.15, 0.2) is 0 Å². The number of nitrogens with zero attached hydrogens (tertiary/aromatic N) is 3. The van der Waals surface area contributed by atoms with Crippen molar-refractivity contribution in [1.82, 2.24) is 51.9 Å². The Morgan fingerprint density at radius 2 is 0.812 bits per heavy atom. The van der Waals surface area contributed by atoms with Crippen LogP contribution in [0.2, 0.25) is 0 Å². The maximum Gasteiger partial charge on any atom is 0.220 e. The van der Waals surface area contributed by atoms with Crippen LogP contribution in [0.4, 0.5) is 0 Å². The van der Waals surface area contributed by atoms with Gasteiger partial charge in [-0.1, -0.05) is 6.92 Å². The van der Waals surface area contributed by atoms with Gasteiger partial charge in [0.1, 0.15) is 0 Å². The number of carbonyl (C=O) groups excluding carboxylic acids is 7. The van der Waals surface area contributed by atoms with E-state index in [-0.39, 0.29) is 79.9 Å². The molecule has 3 saturated heterocycles. The summed E-state index contributed by atoms with van der Waals surface area (Å²) in [5.74, 6) is -1.50. The first-order chi connectivity index (χ1) is 23.1. The zero-order valence-corrected chi connectivity index (χ0v) is 28.5. The third-order valence-corrected chi connectivity index (χ3v) is 8.04. The second-order valence-corrected chi connectivity index (χ2v) is 11.8. The largest absolute Gasteiger partial charge is 0.355 e. The van der Waals surface area contributed by atoms with Crippen molar-refractivity contribution in [2.45, 2.75) is 51.9 Å². The van der Waals surface area contributed by atoms with Crippen LogP contribution >= 0.6 is 0 Å². The highest BCUT2D eigenvalue weighted by molar-refractivity contribution is 5.85. The minimum Gasteiger partial charge on any atom is -0.355 e. The highest BCUT2D eigenvalue weighted by Gasteiger charge is 2.15. The Labute approximate surface area is 283 Å². The summed E-state index contributed by atoms with van der Waals surface area (Å²) in [6, 6.07) is 0. The van der Waals surface area contributed by atoms with Crippen LogP contribution in [0.1, 0.15) is 51.9 Å². The lowest BCUT2D eigenvalue weighted by molar-refractivity contribution is -0.126. The molecule has 2 bridgehead atoms. The minimum atomic E-state index is -0.257. The van der Waals surface area contributed by atoms with Crippen LogP contribution in [0.25, 0.3) is 0 Å². The van der Waals surface area contributed by atoms with E-state index >= 15 is 0 Å². The first-order valence-corrected chi connectivity index (χ1v) is 17.2. The van der Waals surface area contributed by atoms with E-state index in [2.05, 4.69) is 47.0 Å². The molecule has 0 aliphatic carbocycles. The molecular formula is C31H56N10O7. The van der Waals surface area contributed by atoms with Gasteiger partial charge in [-0.3, -0.25) is 48.3 Å². The number of fused-ring (bicyclic) bond motifs is 30. The molecule has 7 amide bonds. The predicted molar refractivity (Wildman–Crippen MR) is 178 cm³/mol. The van der Waals surface area contributed by atoms with Gasteiger partial charge in [-0.05, 0) is 0 Å². The summed E-state index contributed by atoms with van der Waals surface area (Å²) in [4.78, 5) is 92.8. The van der Waals surface area contributed by atoms with Crippen LogP contribution in [-0.2, 0) is 33.6 Å². The fourth-order valence-corrected chi connectivity index (χ4v) is 5.10. The lowest BCUT2D eigenvalue weighted by Crippen LogP contribution is -2.46.